The number of anilines is 3. The highest BCUT2D eigenvalue weighted by atomic mass is 35.5. The molecule has 1 fully saturated rings. The van der Waals surface area contributed by atoms with Crippen molar-refractivity contribution in [2.45, 2.75) is 19.9 Å². The molecule has 2 aromatic carbocycles. The van der Waals surface area contributed by atoms with Gasteiger partial charge in [-0.25, -0.2) is 14.4 Å². The van der Waals surface area contributed by atoms with Crippen LogP contribution >= 0.6 is 11.6 Å². The molecule has 1 atom stereocenters. The van der Waals surface area contributed by atoms with Gasteiger partial charge in [0.2, 0.25) is 5.91 Å². The van der Waals surface area contributed by atoms with Gasteiger partial charge in [0.05, 0.1) is 22.8 Å². The number of nitrogens with zero attached hydrogens (tertiary/aromatic N) is 3. The fraction of sp³-hybridized carbons (Fsp3) is 0.280. The number of aromatic nitrogens is 2. The van der Waals surface area contributed by atoms with Crippen LogP contribution in [-0.4, -0.2) is 59.1 Å². The van der Waals surface area contributed by atoms with Crippen LogP contribution in [0.4, 0.5) is 21.6 Å². The van der Waals surface area contributed by atoms with Gasteiger partial charge in [-0.15, -0.1) is 0 Å². The molecule has 0 spiro atoms. The second kappa shape index (κ2) is 11.3. The maximum atomic E-state index is 13.5. The molecule has 188 valence electrons. The summed E-state index contributed by atoms with van der Waals surface area (Å²) in [5.74, 6) is -0.259. The van der Waals surface area contributed by atoms with Gasteiger partial charge < -0.3 is 20.1 Å². The van der Waals surface area contributed by atoms with E-state index in [4.69, 9.17) is 21.1 Å². The highest BCUT2D eigenvalue weighted by Crippen LogP contribution is 2.34. The van der Waals surface area contributed by atoms with Gasteiger partial charge in [0.15, 0.2) is 0 Å². The van der Waals surface area contributed by atoms with Crippen molar-refractivity contribution in [3.8, 4) is 5.75 Å². The Morgan fingerprint density at radius 1 is 1.33 bits per heavy atom. The van der Waals surface area contributed by atoms with E-state index in [1.165, 1.54) is 24.5 Å². The predicted octanol–water partition coefficient (Wildman–Crippen LogP) is 4.31. The fourth-order valence-corrected chi connectivity index (χ4v) is 3.89. The molecular weight excluding hydrogens is 489 g/mol. The molecule has 3 aromatic rings. The largest absolute Gasteiger partial charge is 0.492 e. The number of esters is 1. The molecule has 0 saturated carbocycles. The van der Waals surface area contributed by atoms with Crippen LogP contribution in [0.5, 0.6) is 5.75 Å². The van der Waals surface area contributed by atoms with E-state index in [9.17, 15) is 14.0 Å². The SMILES string of the molecule is CCOc1cc2ncnc(Nc3ccc(F)c(Cl)c3)c2cc1NC(=O)/C=C/CN1CCOC(=O)[C@@H]1C. The summed E-state index contributed by atoms with van der Waals surface area (Å²) in [5, 5.41) is 6.54. The average Bonchev–Trinajstić information content (AvgIpc) is 2.85. The molecule has 0 bridgehead atoms. The quantitative estimate of drug-likeness (QED) is 0.339. The van der Waals surface area contributed by atoms with Crippen LogP contribution in [0, 0.1) is 5.82 Å². The van der Waals surface area contributed by atoms with E-state index in [-0.39, 0.29) is 22.9 Å². The first-order valence-electron chi connectivity index (χ1n) is 11.4. The van der Waals surface area contributed by atoms with Crippen LogP contribution < -0.4 is 15.4 Å². The van der Waals surface area contributed by atoms with Gasteiger partial charge in [-0.2, -0.15) is 0 Å². The predicted molar refractivity (Wildman–Crippen MR) is 135 cm³/mol. The Bertz CT molecular complexity index is 1320. The van der Waals surface area contributed by atoms with Gasteiger partial charge in [0.25, 0.3) is 0 Å². The summed E-state index contributed by atoms with van der Waals surface area (Å²) in [6.07, 6.45) is 4.50. The number of benzene rings is 2. The first-order chi connectivity index (χ1) is 17.4. The van der Waals surface area contributed by atoms with E-state index >= 15 is 0 Å². The number of hydrogen-bond acceptors (Lipinski definition) is 8. The van der Waals surface area contributed by atoms with Crippen molar-refractivity contribution in [1.82, 2.24) is 14.9 Å². The van der Waals surface area contributed by atoms with Crippen molar-refractivity contribution in [1.29, 1.82) is 0 Å². The number of ether oxygens (including phenoxy) is 2. The summed E-state index contributed by atoms with van der Waals surface area (Å²) < 4.78 is 24.3. The number of rotatable bonds is 8. The van der Waals surface area contributed by atoms with Crippen LogP contribution in [0.25, 0.3) is 10.9 Å². The summed E-state index contributed by atoms with van der Waals surface area (Å²) >= 11 is 5.90. The van der Waals surface area contributed by atoms with Gasteiger partial charge in [-0.1, -0.05) is 17.7 Å². The number of fused-ring (bicyclic) bond motifs is 1. The molecule has 1 aliphatic rings. The number of amides is 1. The monoisotopic (exact) mass is 513 g/mol. The average molecular weight is 514 g/mol. The molecular formula is C25H25ClFN5O4. The van der Waals surface area contributed by atoms with Crippen molar-refractivity contribution in [2.24, 2.45) is 0 Å². The standard InChI is InChI=1S/C25H25ClFN5O4/c1-3-35-22-13-20-17(24(29-14-28-20)30-16-6-7-19(27)18(26)11-16)12-21(22)31-23(33)5-4-8-32-9-10-36-25(34)15(32)2/h4-7,11-15H,3,8-10H2,1-2H3,(H,31,33)(H,28,29,30)/b5-4+/t15-/m0/s1. The van der Waals surface area contributed by atoms with E-state index in [2.05, 4.69) is 20.6 Å². The van der Waals surface area contributed by atoms with Gasteiger partial charge in [-0.3, -0.25) is 14.5 Å². The number of morpholine rings is 1. The van der Waals surface area contributed by atoms with E-state index < -0.39 is 5.82 Å². The zero-order valence-corrected chi connectivity index (χ0v) is 20.5. The number of nitrogens with one attached hydrogen (secondary N) is 2. The lowest BCUT2D eigenvalue weighted by atomic mass is 10.1. The van der Waals surface area contributed by atoms with Gasteiger partial charge in [-0.05, 0) is 38.1 Å². The van der Waals surface area contributed by atoms with Crippen LogP contribution in [0.15, 0.2) is 48.8 Å². The zero-order chi connectivity index (χ0) is 25.7. The zero-order valence-electron chi connectivity index (χ0n) is 19.8. The lowest BCUT2D eigenvalue weighted by Gasteiger charge is -2.30. The highest BCUT2D eigenvalue weighted by molar-refractivity contribution is 6.31. The first-order valence-corrected chi connectivity index (χ1v) is 11.8. The lowest BCUT2D eigenvalue weighted by Crippen LogP contribution is -2.47. The number of carbonyl (C=O) groups is 2. The number of cyclic esters (lactones) is 1. The molecule has 11 heteroatoms. The Kier molecular flexibility index (Phi) is 7.97. The summed E-state index contributed by atoms with van der Waals surface area (Å²) in [6, 6.07) is 7.31. The Morgan fingerprint density at radius 3 is 2.94 bits per heavy atom. The molecule has 2 heterocycles. The topological polar surface area (TPSA) is 106 Å². The maximum absolute atomic E-state index is 13.5. The highest BCUT2D eigenvalue weighted by Gasteiger charge is 2.26. The summed E-state index contributed by atoms with van der Waals surface area (Å²) in [6.45, 7) is 5.37. The van der Waals surface area contributed by atoms with Crippen LogP contribution in [0.3, 0.4) is 0 Å². The third-order valence-corrected chi connectivity index (χ3v) is 5.89. The third-order valence-electron chi connectivity index (χ3n) is 5.60. The molecule has 1 amide bonds. The Balaban J connectivity index is 1.55. The van der Waals surface area contributed by atoms with Crippen molar-refractivity contribution >= 4 is 51.6 Å². The Hall–Kier alpha value is -3.76. The molecule has 1 aromatic heterocycles. The Labute approximate surface area is 212 Å². The minimum atomic E-state index is -0.524. The number of halogens is 2. The molecule has 1 saturated heterocycles. The molecule has 0 radical (unpaired) electrons. The molecule has 1 aliphatic heterocycles. The van der Waals surface area contributed by atoms with Crippen LogP contribution in [-0.2, 0) is 14.3 Å². The Morgan fingerprint density at radius 2 is 2.17 bits per heavy atom. The van der Waals surface area contributed by atoms with Crippen molar-refractivity contribution in [2.75, 3.05) is 36.9 Å². The second-order valence-corrected chi connectivity index (χ2v) is 8.41. The molecule has 36 heavy (non-hydrogen) atoms. The van der Waals surface area contributed by atoms with Crippen LogP contribution in [0.2, 0.25) is 5.02 Å². The van der Waals surface area contributed by atoms with Crippen molar-refractivity contribution < 1.29 is 23.5 Å². The molecule has 4 rings (SSSR count). The van der Waals surface area contributed by atoms with Crippen LogP contribution in [0.1, 0.15) is 13.8 Å². The normalized spacial score (nSPS) is 16.2. The lowest BCUT2D eigenvalue weighted by molar-refractivity contribution is -0.155. The van der Waals surface area contributed by atoms with E-state index in [0.29, 0.717) is 60.1 Å². The minimum Gasteiger partial charge on any atom is -0.492 e. The van der Waals surface area contributed by atoms with Gasteiger partial charge >= 0.3 is 5.97 Å². The fourth-order valence-electron chi connectivity index (χ4n) is 3.71. The molecule has 0 aliphatic carbocycles. The second-order valence-electron chi connectivity index (χ2n) is 8.00. The summed E-state index contributed by atoms with van der Waals surface area (Å²) in [7, 11) is 0. The number of carbonyl (C=O) groups excluding carboxylic acids is 2. The first kappa shape index (κ1) is 25.3. The van der Waals surface area contributed by atoms with E-state index in [1.807, 2.05) is 11.8 Å². The smallest absolute Gasteiger partial charge is 0.323 e. The van der Waals surface area contributed by atoms with E-state index in [1.54, 1.807) is 31.2 Å². The van der Waals surface area contributed by atoms with Crippen molar-refractivity contribution in [3.63, 3.8) is 0 Å². The minimum absolute atomic E-state index is 0.0208. The van der Waals surface area contributed by atoms with E-state index in [0.717, 1.165) is 0 Å². The van der Waals surface area contributed by atoms with Gasteiger partial charge in [0.1, 0.15) is 36.4 Å². The maximum Gasteiger partial charge on any atom is 0.323 e. The van der Waals surface area contributed by atoms with Crippen molar-refractivity contribution in [3.05, 3.63) is 59.7 Å². The molecule has 9 nitrogen and oxygen atoms in total. The molecule has 0 unspecified atom stereocenters. The summed E-state index contributed by atoms with van der Waals surface area (Å²) in [5.41, 5.74) is 1.56. The number of hydrogen-bond donors (Lipinski definition) is 2. The molecule has 2 N–H and O–H groups in total. The third kappa shape index (κ3) is 5.89. The van der Waals surface area contributed by atoms with Gasteiger partial charge in [0, 0.05) is 36.3 Å². The summed E-state index contributed by atoms with van der Waals surface area (Å²) in [4.78, 5) is 34.9.